The summed E-state index contributed by atoms with van der Waals surface area (Å²) in [6.07, 6.45) is 3.73. The summed E-state index contributed by atoms with van der Waals surface area (Å²) in [4.78, 5) is 0. The molecule has 0 saturated heterocycles. The third-order valence-corrected chi connectivity index (χ3v) is 5.03. The van der Waals surface area contributed by atoms with Crippen LogP contribution < -0.4 is 5.73 Å². The molecular weight excluding hydrogens is 314 g/mol. The van der Waals surface area contributed by atoms with E-state index in [9.17, 15) is 0 Å². The van der Waals surface area contributed by atoms with Crippen molar-refractivity contribution in [2.24, 2.45) is 5.41 Å². The highest BCUT2D eigenvalue weighted by atomic mass is 79.9. The van der Waals surface area contributed by atoms with E-state index in [-0.39, 0.29) is 0 Å². The quantitative estimate of drug-likeness (QED) is 0.835. The number of anilines is 1. The average molecular weight is 334 g/mol. The van der Waals surface area contributed by atoms with Crippen LogP contribution in [0.4, 0.5) is 5.82 Å². The number of nitrogen functional groups attached to an aromatic ring is 1. The number of benzene rings is 1. The van der Waals surface area contributed by atoms with E-state index in [0.717, 1.165) is 15.6 Å². The van der Waals surface area contributed by atoms with E-state index in [1.807, 2.05) is 12.1 Å². The number of aromatic nitrogens is 2. The van der Waals surface area contributed by atoms with Crippen molar-refractivity contribution in [1.29, 1.82) is 0 Å². The van der Waals surface area contributed by atoms with Gasteiger partial charge in [0.05, 0.1) is 0 Å². The van der Waals surface area contributed by atoms with Crippen molar-refractivity contribution in [1.82, 2.24) is 10.2 Å². The van der Waals surface area contributed by atoms with Gasteiger partial charge in [0, 0.05) is 21.6 Å². The van der Waals surface area contributed by atoms with Crippen molar-refractivity contribution in [2.75, 3.05) is 5.73 Å². The molecule has 0 bridgehead atoms. The number of halogens is 1. The number of nitrogens with zero attached hydrogens (tertiary/aromatic N) is 1. The molecule has 1 fully saturated rings. The summed E-state index contributed by atoms with van der Waals surface area (Å²) in [5, 5.41) is 7.47. The van der Waals surface area contributed by atoms with E-state index in [2.05, 4.69) is 52.1 Å². The molecule has 1 aromatic carbocycles. The Balaban J connectivity index is 2.11. The molecule has 0 aliphatic heterocycles. The van der Waals surface area contributed by atoms with Crippen molar-refractivity contribution < 1.29 is 0 Å². The molecule has 0 radical (unpaired) electrons. The molecule has 3 rings (SSSR count). The lowest BCUT2D eigenvalue weighted by molar-refractivity contribution is 0.328. The third kappa shape index (κ3) is 2.26. The fraction of sp³-hybridized carbons (Fsp3) is 0.438. The van der Waals surface area contributed by atoms with E-state index in [0.29, 0.717) is 17.2 Å². The lowest BCUT2D eigenvalue weighted by atomic mass is 9.78. The number of rotatable bonds is 2. The summed E-state index contributed by atoms with van der Waals surface area (Å²) in [6, 6.07) is 8.26. The van der Waals surface area contributed by atoms with E-state index in [4.69, 9.17) is 5.73 Å². The van der Waals surface area contributed by atoms with Crippen LogP contribution in [0.5, 0.6) is 0 Å². The molecule has 1 aromatic heterocycles. The zero-order valence-corrected chi connectivity index (χ0v) is 13.5. The van der Waals surface area contributed by atoms with Gasteiger partial charge in [-0.25, -0.2) is 0 Å². The van der Waals surface area contributed by atoms with E-state index < -0.39 is 0 Å². The normalized spacial score (nSPS) is 21.2. The maximum Gasteiger partial charge on any atom is 0.153 e. The first-order valence-corrected chi connectivity index (χ1v) is 7.88. The fourth-order valence-electron chi connectivity index (χ4n) is 3.43. The van der Waals surface area contributed by atoms with Gasteiger partial charge in [-0.2, -0.15) is 5.10 Å². The Labute approximate surface area is 128 Å². The van der Waals surface area contributed by atoms with Gasteiger partial charge in [0.25, 0.3) is 0 Å². The van der Waals surface area contributed by atoms with Crippen molar-refractivity contribution in [3.8, 4) is 11.1 Å². The van der Waals surface area contributed by atoms with Gasteiger partial charge >= 0.3 is 0 Å². The summed E-state index contributed by atoms with van der Waals surface area (Å²) < 4.78 is 1.06. The number of nitrogens with two attached hydrogens (primary N) is 1. The second kappa shape index (κ2) is 4.92. The molecule has 4 heteroatoms. The first-order valence-electron chi connectivity index (χ1n) is 7.09. The molecule has 20 heavy (non-hydrogen) atoms. The highest BCUT2D eigenvalue weighted by Gasteiger charge is 2.38. The van der Waals surface area contributed by atoms with Gasteiger partial charge in [0.15, 0.2) is 5.82 Å². The van der Waals surface area contributed by atoms with Gasteiger partial charge in [0.2, 0.25) is 0 Å². The SMILES string of the molecule is CC1(C)CCCC1c1[nH]nc(N)c1-c1cccc(Br)c1. The summed E-state index contributed by atoms with van der Waals surface area (Å²) in [7, 11) is 0. The third-order valence-electron chi connectivity index (χ3n) is 4.54. The molecule has 3 nitrogen and oxygen atoms in total. The molecule has 1 atom stereocenters. The fourth-order valence-corrected chi connectivity index (χ4v) is 3.83. The van der Waals surface area contributed by atoms with Gasteiger partial charge in [-0.3, -0.25) is 5.10 Å². The van der Waals surface area contributed by atoms with Crippen molar-refractivity contribution in [3.05, 3.63) is 34.4 Å². The molecule has 1 saturated carbocycles. The minimum absolute atomic E-state index is 0.305. The molecule has 2 aromatic rings. The molecule has 1 aliphatic rings. The Hall–Kier alpha value is -1.29. The van der Waals surface area contributed by atoms with Crippen LogP contribution in [-0.4, -0.2) is 10.2 Å². The first kappa shape index (κ1) is 13.7. The maximum absolute atomic E-state index is 6.12. The summed E-state index contributed by atoms with van der Waals surface area (Å²) >= 11 is 3.53. The van der Waals surface area contributed by atoms with Gasteiger partial charge in [-0.1, -0.05) is 48.3 Å². The van der Waals surface area contributed by atoms with Crippen LogP contribution in [0.15, 0.2) is 28.7 Å². The highest BCUT2D eigenvalue weighted by Crippen LogP contribution is 2.51. The van der Waals surface area contributed by atoms with Crippen LogP contribution in [-0.2, 0) is 0 Å². The molecule has 1 unspecified atom stereocenters. The number of nitrogens with one attached hydrogen (secondary N) is 1. The van der Waals surface area contributed by atoms with E-state index in [1.54, 1.807) is 0 Å². The zero-order chi connectivity index (χ0) is 14.3. The molecule has 1 heterocycles. The molecule has 0 amide bonds. The first-order chi connectivity index (χ1) is 9.49. The largest absolute Gasteiger partial charge is 0.382 e. The Kier molecular flexibility index (Phi) is 3.36. The number of H-pyrrole nitrogens is 1. The Morgan fingerprint density at radius 3 is 2.85 bits per heavy atom. The van der Waals surface area contributed by atoms with Gasteiger partial charge in [0.1, 0.15) is 0 Å². The van der Waals surface area contributed by atoms with E-state index in [1.165, 1.54) is 25.0 Å². The monoisotopic (exact) mass is 333 g/mol. The van der Waals surface area contributed by atoms with Gasteiger partial charge in [-0.15, -0.1) is 0 Å². The van der Waals surface area contributed by atoms with Gasteiger partial charge < -0.3 is 5.73 Å². The number of hydrogen-bond donors (Lipinski definition) is 2. The van der Waals surface area contributed by atoms with Crippen LogP contribution in [0, 0.1) is 5.41 Å². The molecular formula is C16H20BrN3. The second-order valence-electron chi connectivity index (χ2n) is 6.34. The molecule has 106 valence electrons. The number of hydrogen-bond acceptors (Lipinski definition) is 2. The molecule has 0 spiro atoms. The zero-order valence-electron chi connectivity index (χ0n) is 11.9. The van der Waals surface area contributed by atoms with Crippen LogP contribution >= 0.6 is 15.9 Å². The second-order valence-corrected chi connectivity index (χ2v) is 7.26. The average Bonchev–Trinajstić information content (AvgIpc) is 2.91. The Morgan fingerprint density at radius 1 is 1.40 bits per heavy atom. The van der Waals surface area contributed by atoms with Crippen molar-refractivity contribution in [2.45, 2.75) is 39.0 Å². The van der Waals surface area contributed by atoms with Gasteiger partial charge in [-0.05, 0) is 36.0 Å². The molecule has 3 N–H and O–H groups in total. The lowest BCUT2D eigenvalue weighted by Gasteiger charge is -2.27. The Bertz CT molecular complexity index is 630. The topological polar surface area (TPSA) is 54.7 Å². The van der Waals surface area contributed by atoms with Crippen LogP contribution in [0.3, 0.4) is 0 Å². The van der Waals surface area contributed by atoms with E-state index >= 15 is 0 Å². The smallest absolute Gasteiger partial charge is 0.153 e. The standard InChI is InChI=1S/C16H20BrN3/c1-16(2)8-4-7-12(16)14-13(15(18)20-19-14)10-5-3-6-11(17)9-10/h3,5-6,9,12H,4,7-8H2,1-2H3,(H3,18,19,20). The minimum atomic E-state index is 0.305. The van der Waals surface area contributed by atoms with Crippen LogP contribution in [0.25, 0.3) is 11.1 Å². The molecule has 1 aliphatic carbocycles. The lowest BCUT2D eigenvalue weighted by Crippen LogP contribution is -2.16. The predicted molar refractivity (Wildman–Crippen MR) is 86.5 cm³/mol. The maximum atomic E-state index is 6.12. The Morgan fingerprint density at radius 2 is 2.20 bits per heavy atom. The summed E-state index contributed by atoms with van der Waals surface area (Å²) in [5.74, 6) is 1.10. The van der Waals surface area contributed by atoms with Crippen LogP contribution in [0.2, 0.25) is 0 Å². The highest BCUT2D eigenvalue weighted by molar-refractivity contribution is 9.10. The van der Waals surface area contributed by atoms with Crippen LogP contribution in [0.1, 0.15) is 44.7 Å². The van der Waals surface area contributed by atoms with Crippen molar-refractivity contribution >= 4 is 21.7 Å². The van der Waals surface area contributed by atoms with Crippen molar-refractivity contribution in [3.63, 3.8) is 0 Å². The number of aromatic amines is 1. The summed E-state index contributed by atoms with van der Waals surface area (Å²) in [5.41, 5.74) is 9.83. The minimum Gasteiger partial charge on any atom is -0.382 e. The summed E-state index contributed by atoms with van der Waals surface area (Å²) in [6.45, 7) is 4.68. The predicted octanol–water partition coefficient (Wildman–Crippen LogP) is 4.72.